The number of carbonyl (C=O) groups is 1. The number of likely N-dealkylation sites (tertiary alicyclic amines) is 1. The molecule has 1 atom stereocenters. The standard InChI is InChI=1S/C10H13NO3/c1-13-8-4-5-11(7-8)10(12)9-3-2-6-14-9/h2-3,6,8H,4-5,7H2,1H3. The van der Waals surface area contributed by atoms with Crippen molar-refractivity contribution in [2.75, 3.05) is 20.2 Å². The molecule has 2 heterocycles. The number of amides is 1. The van der Waals surface area contributed by atoms with Crippen molar-refractivity contribution in [1.82, 2.24) is 4.90 Å². The summed E-state index contributed by atoms with van der Waals surface area (Å²) in [5.41, 5.74) is 0. The topological polar surface area (TPSA) is 42.7 Å². The number of ether oxygens (including phenoxy) is 1. The highest BCUT2D eigenvalue weighted by Gasteiger charge is 2.27. The SMILES string of the molecule is COC1CCN(C(=O)c2ccco2)C1. The van der Waals surface area contributed by atoms with E-state index in [0.29, 0.717) is 12.3 Å². The molecule has 1 aromatic rings. The van der Waals surface area contributed by atoms with Gasteiger partial charge in [0, 0.05) is 20.2 Å². The van der Waals surface area contributed by atoms with Crippen LogP contribution in [0.1, 0.15) is 17.0 Å². The zero-order chi connectivity index (χ0) is 9.97. The summed E-state index contributed by atoms with van der Waals surface area (Å²) in [6.45, 7) is 1.41. The Balaban J connectivity index is 2.00. The molecule has 2 rings (SSSR count). The molecule has 1 unspecified atom stereocenters. The van der Waals surface area contributed by atoms with E-state index in [0.717, 1.165) is 13.0 Å². The van der Waals surface area contributed by atoms with Gasteiger partial charge in [-0.25, -0.2) is 0 Å². The van der Waals surface area contributed by atoms with E-state index < -0.39 is 0 Å². The van der Waals surface area contributed by atoms with Crippen LogP contribution in [-0.2, 0) is 4.74 Å². The molecule has 1 saturated heterocycles. The van der Waals surface area contributed by atoms with Crippen molar-refractivity contribution in [1.29, 1.82) is 0 Å². The Labute approximate surface area is 82.4 Å². The van der Waals surface area contributed by atoms with Crippen molar-refractivity contribution in [3.63, 3.8) is 0 Å². The Morgan fingerprint density at radius 1 is 1.71 bits per heavy atom. The lowest BCUT2D eigenvalue weighted by Crippen LogP contribution is -2.29. The van der Waals surface area contributed by atoms with Crippen molar-refractivity contribution in [2.45, 2.75) is 12.5 Å². The summed E-state index contributed by atoms with van der Waals surface area (Å²) >= 11 is 0. The van der Waals surface area contributed by atoms with Crippen molar-refractivity contribution < 1.29 is 13.9 Å². The molecule has 1 aliphatic rings. The minimum Gasteiger partial charge on any atom is -0.459 e. The molecule has 0 bridgehead atoms. The number of hydrogen-bond acceptors (Lipinski definition) is 3. The molecule has 1 fully saturated rings. The highest BCUT2D eigenvalue weighted by Crippen LogP contribution is 2.15. The summed E-state index contributed by atoms with van der Waals surface area (Å²) in [4.78, 5) is 13.5. The van der Waals surface area contributed by atoms with Gasteiger partial charge in [0.2, 0.25) is 0 Å². The molecular weight excluding hydrogens is 182 g/mol. The molecule has 4 nitrogen and oxygen atoms in total. The van der Waals surface area contributed by atoms with E-state index in [2.05, 4.69) is 0 Å². The summed E-state index contributed by atoms with van der Waals surface area (Å²) < 4.78 is 10.2. The van der Waals surface area contributed by atoms with E-state index in [-0.39, 0.29) is 12.0 Å². The second-order valence-electron chi connectivity index (χ2n) is 3.37. The second kappa shape index (κ2) is 3.84. The average Bonchev–Trinajstić information content (AvgIpc) is 2.88. The van der Waals surface area contributed by atoms with Crippen LogP contribution < -0.4 is 0 Å². The van der Waals surface area contributed by atoms with Crippen LogP contribution in [0.25, 0.3) is 0 Å². The van der Waals surface area contributed by atoms with Crippen molar-refractivity contribution in [3.05, 3.63) is 24.2 Å². The number of hydrogen-bond donors (Lipinski definition) is 0. The summed E-state index contributed by atoms with van der Waals surface area (Å²) in [7, 11) is 1.67. The Morgan fingerprint density at radius 3 is 3.14 bits per heavy atom. The number of carbonyl (C=O) groups excluding carboxylic acids is 1. The fourth-order valence-corrected chi connectivity index (χ4v) is 1.66. The smallest absolute Gasteiger partial charge is 0.289 e. The first-order valence-electron chi connectivity index (χ1n) is 4.67. The summed E-state index contributed by atoms with van der Waals surface area (Å²) in [5, 5.41) is 0. The molecule has 1 aromatic heterocycles. The van der Waals surface area contributed by atoms with Gasteiger partial charge in [0.05, 0.1) is 12.4 Å². The van der Waals surface area contributed by atoms with Crippen molar-refractivity contribution in [3.8, 4) is 0 Å². The van der Waals surface area contributed by atoms with E-state index in [1.807, 2.05) is 0 Å². The first kappa shape index (κ1) is 9.27. The Kier molecular flexibility index (Phi) is 2.54. The van der Waals surface area contributed by atoms with Crippen LogP contribution in [0.3, 0.4) is 0 Å². The van der Waals surface area contributed by atoms with Gasteiger partial charge in [0.25, 0.3) is 5.91 Å². The number of furan rings is 1. The van der Waals surface area contributed by atoms with Gasteiger partial charge in [0.1, 0.15) is 0 Å². The van der Waals surface area contributed by atoms with Crippen molar-refractivity contribution >= 4 is 5.91 Å². The van der Waals surface area contributed by atoms with Gasteiger partial charge < -0.3 is 14.1 Å². The molecule has 0 aliphatic carbocycles. The number of rotatable bonds is 2. The van der Waals surface area contributed by atoms with Gasteiger partial charge in [0.15, 0.2) is 5.76 Å². The monoisotopic (exact) mass is 195 g/mol. The molecule has 14 heavy (non-hydrogen) atoms. The third-order valence-corrected chi connectivity index (χ3v) is 2.50. The van der Waals surface area contributed by atoms with Crippen LogP contribution in [0.4, 0.5) is 0 Å². The fraction of sp³-hybridized carbons (Fsp3) is 0.500. The molecular formula is C10H13NO3. The van der Waals surface area contributed by atoms with E-state index in [9.17, 15) is 4.79 Å². The van der Waals surface area contributed by atoms with E-state index in [1.54, 1.807) is 24.1 Å². The number of nitrogens with zero attached hydrogens (tertiary/aromatic N) is 1. The Morgan fingerprint density at radius 2 is 2.57 bits per heavy atom. The third kappa shape index (κ3) is 1.65. The highest BCUT2D eigenvalue weighted by molar-refractivity contribution is 5.91. The first-order valence-corrected chi connectivity index (χ1v) is 4.67. The summed E-state index contributed by atoms with van der Waals surface area (Å²) in [6, 6.07) is 3.40. The molecule has 0 aromatic carbocycles. The molecule has 0 N–H and O–H groups in total. The van der Waals surface area contributed by atoms with E-state index >= 15 is 0 Å². The predicted octanol–water partition coefficient (Wildman–Crippen LogP) is 1.14. The van der Waals surface area contributed by atoms with Crippen LogP contribution in [0.15, 0.2) is 22.8 Å². The summed E-state index contributed by atoms with van der Waals surface area (Å²) in [6.07, 6.45) is 2.59. The second-order valence-corrected chi connectivity index (χ2v) is 3.37. The quantitative estimate of drug-likeness (QED) is 0.710. The van der Waals surface area contributed by atoms with Gasteiger partial charge in [-0.1, -0.05) is 0 Å². The van der Waals surface area contributed by atoms with Gasteiger partial charge in [-0.05, 0) is 18.6 Å². The number of methoxy groups -OCH3 is 1. The zero-order valence-electron chi connectivity index (χ0n) is 8.10. The van der Waals surface area contributed by atoms with Gasteiger partial charge in [-0.15, -0.1) is 0 Å². The van der Waals surface area contributed by atoms with Crippen molar-refractivity contribution in [2.24, 2.45) is 0 Å². The maximum Gasteiger partial charge on any atom is 0.289 e. The van der Waals surface area contributed by atoms with E-state index in [1.165, 1.54) is 6.26 Å². The molecule has 76 valence electrons. The predicted molar refractivity (Wildman–Crippen MR) is 50.0 cm³/mol. The van der Waals surface area contributed by atoms with Crippen LogP contribution in [-0.4, -0.2) is 37.1 Å². The van der Waals surface area contributed by atoms with E-state index in [4.69, 9.17) is 9.15 Å². The van der Waals surface area contributed by atoms with Gasteiger partial charge in [-0.2, -0.15) is 0 Å². The fourth-order valence-electron chi connectivity index (χ4n) is 1.66. The molecule has 0 spiro atoms. The normalized spacial score (nSPS) is 21.5. The lowest BCUT2D eigenvalue weighted by molar-refractivity contribution is 0.0696. The highest BCUT2D eigenvalue weighted by atomic mass is 16.5. The van der Waals surface area contributed by atoms with Crippen LogP contribution in [0.5, 0.6) is 0 Å². The van der Waals surface area contributed by atoms with Gasteiger partial charge >= 0.3 is 0 Å². The minimum atomic E-state index is -0.0467. The molecule has 1 aliphatic heterocycles. The lowest BCUT2D eigenvalue weighted by Gasteiger charge is -2.13. The van der Waals surface area contributed by atoms with Gasteiger partial charge in [-0.3, -0.25) is 4.79 Å². The molecule has 4 heteroatoms. The third-order valence-electron chi connectivity index (χ3n) is 2.50. The zero-order valence-corrected chi connectivity index (χ0v) is 8.10. The Bertz CT molecular complexity index is 307. The van der Waals surface area contributed by atoms with Crippen LogP contribution in [0, 0.1) is 0 Å². The van der Waals surface area contributed by atoms with Crippen LogP contribution >= 0.6 is 0 Å². The molecule has 0 radical (unpaired) electrons. The largest absolute Gasteiger partial charge is 0.459 e. The first-order chi connectivity index (χ1) is 6.81. The minimum absolute atomic E-state index is 0.0467. The maximum atomic E-state index is 11.7. The Hall–Kier alpha value is -1.29. The maximum absolute atomic E-state index is 11.7. The average molecular weight is 195 g/mol. The van der Waals surface area contributed by atoms with Crippen LogP contribution in [0.2, 0.25) is 0 Å². The lowest BCUT2D eigenvalue weighted by atomic mass is 10.3. The molecule has 0 saturated carbocycles. The molecule has 1 amide bonds. The summed E-state index contributed by atoms with van der Waals surface area (Å²) in [5.74, 6) is 0.358.